The van der Waals surface area contributed by atoms with Crippen molar-refractivity contribution in [3.05, 3.63) is 17.8 Å². The van der Waals surface area contributed by atoms with Gasteiger partial charge >= 0.3 is 0 Å². The molecule has 0 bridgehead atoms. The molecule has 0 aliphatic carbocycles. The van der Waals surface area contributed by atoms with Gasteiger partial charge in [-0.1, -0.05) is 20.8 Å². The molecule has 0 saturated carbocycles. The number of nitrogens with one attached hydrogen (secondary N) is 1. The molecule has 0 radical (unpaired) electrons. The Morgan fingerprint density at radius 2 is 2.07 bits per heavy atom. The minimum Gasteiger partial charge on any atom is -0.397 e. The van der Waals surface area contributed by atoms with Gasteiger partial charge in [-0.05, 0) is 30.4 Å². The van der Waals surface area contributed by atoms with Gasteiger partial charge in [0, 0.05) is 6.54 Å². The fourth-order valence-electron chi connectivity index (χ4n) is 1.34. The van der Waals surface area contributed by atoms with Crippen molar-refractivity contribution in [1.82, 2.24) is 4.98 Å². The Kier molecular flexibility index (Phi) is 3.56. The highest BCUT2D eigenvalue weighted by Crippen LogP contribution is 2.19. The third-order valence-corrected chi connectivity index (χ3v) is 2.27. The highest BCUT2D eigenvalue weighted by atomic mass is 15.0. The average molecular weight is 207 g/mol. The van der Waals surface area contributed by atoms with Crippen LogP contribution in [-0.4, -0.2) is 11.5 Å². The van der Waals surface area contributed by atoms with E-state index in [0.29, 0.717) is 11.1 Å². The Morgan fingerprint density at radius 3 is 2.60 bits per heavy atom. The first-order chi connectivity index (χ1) is 6.88. The molecule has 1 rings (SSSR count). The quantitative estimate of drug-likeness (QED) is 0.801. The molecule has 3 nitrogen and oxygen atoms in total. The molecule has 1 aromatic heterocycles. The standard InChI is InChI=1S/C12H21N3/c1-9-7-10(13)8-15-11(9)14-6-5-12(2,3)4/h7-8H,5-6,13H2,1-4H3,(H,14,15). The van der Waals surface area contributed by atoms with E-state index in [2.05, 4.69) is 31.1 Å². The second-order valence-corrected chi connectivity index (χ2v) is 5.17. The number of nitrogens with zero attached hydrogens (tertiary/aromatic N) is 1. The molecule has 15 heavy (non-hydrogen) atoms. The summed E-state index contributed by atoms with van der Waals surface area (Å²) in [5.74, 6) is 0.938. The van der Waals surface area contributed by atoms with E-state index in [1.165, 1.54) is 0 Å². The van der Waals surface area contributed by atoms with Crippen LogP contribution in [0.15, 0.2) is 12.3 Å². The zero-order chi connectivity index (χ0) is 11.5. The Hall–Kier alpha value is -1.25. The van der Waals surface area contributed by atoms with E-state index in [9.17, 15) is 0 Å². The van der Waals surface area contributed by atoms with Gasteiger partial charge in [0.05, 0.1) is 11.9 Å². The van der Waals surface area contributed by atoms with Crippen LogP contribution < -0.4 is 11.1 Å². The molecule has 0 unspecified atom stereocenters. The molecule has 0 aliphatic rings. The molecule has 0 aromatic carbocycles. The zero-order valence-corrected chi connectivity index (χ0v) is 10.1. The third kappa shape index (κ3) is 4.19. The first-order valence-corrected chi connectivity index (χ1v) is 5.34. The van der Waals surface area contributed by atoms with Gasteiger partial charge in [0.2, 0.25) is 0 Å². The Balaban J connectivity index is 2.51. The van der Waals surface area contributed by atoms with Crippen LogP contribution in [0.3, 0.4) is 0 Å². The van der Waals surface area contributed by atoms with Crippen LogP contribution in [0.4, 0.5) is 11.5 Å². The van der Waals surface area contributed by atoms with Gasteiger partial charge < -0.3 is 11.1 Å². The normalized spacial score (nSPS) is 11.5. The molecule has 84 valence electrons. The lowest BCUT2D eigenvalue weighted by molar-refractivity contribution is 0.389. The third-order valence-electron chi connectivity index (χ3n) is 2.27. The lowest BCUT2D eigenvalue weighted by Gasteiger charge is -2.18. The van der Waals surface area contributed by atoms with E-state index < -0.39 is 0 Å². The van der Waals surface area contributed by atoms with Gasteiger partial charge in [-0.2, -0.15) is 0 Å². The average Bonchev–Trinajstić information content (AvgIpc) is 2.07. The van der Waals surface area contributed by atoms with Crippen molar-refractivity contribution < 1.29 is 0 Å². The molecule has 3 N–H and O–H groups in total. The minimum absolute atomic E-state index is 0.356. The molecule has 0 amide bonds. The van der Waals surface area contributed by atoms with E-state index >= 15 is 0 Å². The number of rotatable bonds is 3. The van der Waals surface area contributed by atoms with Gasteiger partial charge in [0.25, 0.3) is 0 Å². The van der Waals surface area contributed by atoms with Crippen LogP contribution >= 0.6 is 0 Å². The van der Waals surface area contributed by atoms with Gasteiger partial charge in [-0.15, -0.1) is 0 Å². The first kappa shape index (κ1) is 11.8. The summed E-state index contributed by atoms with van der Waals surface area (Å²) < 4.78 is 0. The SMILES string of the molecule is Cc1cc(N)cnc1NCCC(C)(C)C. The van der Waals surface area contributed by atoms with Crippen molar-refractivity contribution >= 4 is 11.5 Å². The van der Waals surface area contributed by atoms with Crippen LogP contribution in [-0.2, 0) is 0 Å². The summed E-state index contributed by atoms with van der Waals surface area (Å²) in [6.07, 6.45) is 2.81. The first-order valence-electron chi connectivity index (χ1n) is 5.34. The van der Waals surface area contributed by atoms with Gasteiger partial charge in [-0.25, -0.2) is 4.98 Å². The molecule has 0 fully saturated rings. The van der Waals surface area contributed by atoms with E-state index in [1.54, 1.807) is 6.20 Å². The monoisotopic (exact) mass is 207 g/mol. The molecule has 1 heterocycles. The number of aryl methyl sites for hydroxylation is 1. The number of hydrogen-bond acceptors (Lipinski definition) is 3. The van der Waals surface area contributed by atoms with Crippen molar-refractivity contribution in [3.63, 3.8) is 0 Å². The van der Waals surface area contributed by atoms with Gasteiger partial charge in [-0.3, -0.25) is 0 Å². The van der Waals surface area contributed by atoms with E-state index in [4.69, 9.17) is 5.73 Å². The van der Waals surface area contributed by atoms with E-state index in [0.717, 1.165) is 24.3 Å². The highest BCUT2D eigenvalue weighted by Gasteiger charge is 2.09. The topological polar surface area (TPSA) is 50.9 Å². The zero-order valence-electron chi connectivity index (χ0n) is 10.1. The highest BCUT2D eigenvalue weighted by molar-refractivity contribution is 5.50. The summed E-state index contributed by atoms with van der Waals surface area (Å²) in [5.41, 5.74) is 7.81. The summed E-state index contributed by atoms with van der Waals surface area (Å²) in [4.78, 5) is 4.26. The molecule has 0 saturated heterocycles. The predicted molar refractivity (Wildman–Crippen MR) is 65.9 cm³/mol. The molecular formula is C12H21N3. The largest absolute Gasteiger partial charge is 0.397 e. The Labute approximate surface area is 92.1 Å². The lowest BCUT2D eigenvalue weighted by atomic mass is 9.92. The second-order valence-electron chi connectivity index (χ2n) is 5.17. The van der Waals surface area contributed by atoms with Gasteiger partial charge in [0.15, 0.2) is 0 Å². The Morgan fingerprint density at radius 1 is 1.40 bits per heavy atom. The summed E-state index contributed by atoms with van der Waals surface area (Å²) in [7, 11) is 0. The van der Waals surface area contributed by atoms with E-state index in [1.807, 2.05) is 13.0 Å². The van der Waals surface area contributed by atoms with E-state index in [-0.39, 0.29) is 0 Å². The summed E-state index contributed by atoms with van der Waals surface area (Å²) >= 11 is 0. The van der Waals surface area contributed by atoms with Crippen LogP contribution in [0.25, 0.3) is 0 Å². The minimum atomic E-state index is 0.356. The summed E-state index contributed by atoms with van der Waals surface area (Å²) in [6.45, 7) is 9.66. The number of aromatic nitrogens is 1. The van der Waals surface area contributed by atoms with Crippen molar-refractivity contribution in [3.8, 4) is 0 Å². The summed E-state index contributed by atoms with van der Waals surface area (Å²) in [5, 5.41) is 3.33. The Bertz CT molecular complexity index is 326. The van der Waals surface area contributed by atoms with Crippen molar-refractivity contribution in [1.29, 1.82) is 0 Å². The van der Waals surface area contributed by atoms with Crippen molar-refractivity contribution in [2.24, 2.45) is 5.41 Å². The fourth-order valence-corrected chi connectivity index (χ4v) is 1.34. The molecule has 0 aliphatic heterocycles. The fraction of sp³-hybridized carbons (Fsp3) is 0.583. The lowest BCUT2D eigenvalue weighted by Crippen LogP contribution is -2.14. The number of hydrogen-bond donors (Lipinski definition) is 2. The molecule has 0 spiro atoms. The number of pyridine rings is 1. The molecule has 3 heteroatoms. The number of nitrogens with two attached hydrogens (primary N) is 1. The van der Waals surface area contributed by atoms with Crippen LogP contribution in [0, 0.1) is 12.3 Å². The molecule has 0 atom stereocenters. The maximum atomic E-state index is 5.64. The molecular weight excluding hydrogens is 186 g/mol. The van der Waals surface area contributed by atoms with Gasteiger partial charge in [0.1, 0.15) is 5.82 Å². The van der Waals surface area contributed by atoms with Crippen LogP contribution in [0.2, 0.25) is 0 Å². The molecule has 1 aromatic rings. The van der Waals surface area contributed by atoms with Crippen LogP contribution in [0.1, 0.15) is 32.8 Å². The number of nitrogen functional groups attached to an aromatic ring is 1. The second kappa shape index (κ2) is 4.51. The van der Waals surface area contributed by atoms with Crippen LogP contribution in [0.5, 0.6) is 0 Å². The number of anilines is 2. The van der Waals surface area contributed by atoms with Crippen molar-refractivity contribution in [2.45, 2.75) is 34.1 Å². The van der Waals surface area contributed by atoms with Crippen molar-refractivity contribution in [2.75, 3.05) is 17.6 Å². The summed E-state index contributed by atoms with van der Waals surface area (Å²) in [6, 6.07) is 1.94. The maximum absolute atomic E-state index is 5.64. The predicted octanol–water partition coefficient (Wildman–Crippen LogP) is 2.82. The smallest absolute Gasteiger partial charge is 0.128 e. The maximum Gasteiger partial charge on any atom is 0.128 e.